The van der Waals surface area contributed by atoms with E-state index in [0.717, 1.165) is 57.8 Å². The number of unbranched alkanes of at least 4 members (excludes halogenated alkanes) is 8. The van der Waals surface area contributed by atoms with Crippen LogP contribution in [0.15, 0.2) is 12.2 Å². The first-order valence-corrected chi connectivity index (χ1v) is 17.7. The Labute approximate surface area is 273 Å². The molecule has 1 N–H and O–H groups in total. The lowest BCUT2D eigenvalue weighted by Crippen LogP contribution is -2.33. The second-order valence-corrected chi connectivity index (χ2v) is 13.9. The van der Waals surface area contributed by atoms with Crippen molar-refractivity contribution in [3.05, 3.63) is 12.2 Å². The minimum Gasteiger partial charge on any atom is -0.465 e. The van der Waals surface area contributed by atoms with Crippen molar-refractivity contribution >= 4 is 11.9 Å². The van der Waals surface area contributed by atoms with E-state index in [0.29, 0.717) is 6.61 Å². The summed E-state index contributed by atoms with van der Waals surface area (Å²) >= 11 is 0. The van der Waals surface area contributed by atoms with Crippen LogP contribution in [-0.4, -0.2) is 80.3 Å². The van der Waals surface area contributed by atoms with E-state index < -0.39 is 17.6 Å². The Morgan fingerprint density at radius 2 is 1.53 bits per heavy atom. The Balaban J connectivity index is 1.79. The Hall–Kier alpha value is -1.52. The van der Waals surface area contributed by atoms with Crippen LogP contribution in [0.5, 0.6) is 0 Å². The average molecular weight is 641 g/mol. The SMILES string of the molecule is CCCCCCCCCC[C@@H](OCOC)[C@H]1CC[C@H]([C@H](O)/C=C/[C@H](OC(C)=O)[C@@H]2CC[C@@H](CCCCOC(=O)C(C)(C)C)O2)O1. The lowest BCUT2D eigenvalue weighted by Gasteiger charge is -2.25. The van der Waals surface area contributed by atoms with Gasteiger partial charge in [0.15, 0.2) is 0 Å². The first-order chi connectivity index (χ1) is 21.5. The number of aliphatic hydroxyl groups excluding tert-OH is 1. The van der Waals surface area contributed by atoms with Crippen molar-refractivity contribution in [3.63, 3.8) is 0 Å². The van der Waals surface area contributed by atoms with E-state index in [9.17, 15) is 14.7 Å². The zero-order valence-corrected chi connectivity index (χ0v) is 29.1. The Kier molecular flexibility index (Phi) is 19.5. The highest BCUT2D eigenvalue weighted by molar-refractivity contribution is 5.75. The van der Waals surface area contributed by atoms with E-state index in [2.05, 4.69) is 6.92 Å². The molecule has 2 fully saturated rings. The molecule has 7 atom stereocenters. The van der Waals surface area contributed by atoms with Gasteiger partial charge in [-0.05, 0) is 78.2 Å². The van der Waals surface area contributed by atoms with Crippen molar-refractivity contribution in [2.24, 2.45) is 5.41 Å². The van der Waals surface area contributed by atoms with Crippen molar-refractivity contribution in [1.82, 2.24) is 0 Å². The van der Waals surface area contributed by atoms with Crippen LogP contribution in [-0.2, 0) is 38.0 Å². The third-order valence-electron chi connectivity index (χ3n) is 8.70. The van der Waals surface area contributed by atoms with Crippen LogP contribution in [0.25, 0.3) is 0 Å². The first-order valence-electron chi connectivity index (χ1n) is 17.7. The van der Waals surface area contributed by atoms with Gasteiger partial charge in [-0.1, -0.05) is 64.4 Å². The van der Waals surface area contributed by atoms with Gasteiger partial charge in [0.2, 0.25) is 0 Å². The summed E-state index contributed by atoms with van der Waals surface area (Å²) in [4.78, 5) is 23.8. The summed E-state index contributed by atoms with van der Waals surface area (Å²) < 4.78 is 34.7. The van der Waals surface area contributed by atoms with Gasteiger partial charge in [0, 0.05) is 14.0 Å². The molecule has 0 amide bonds. The largest absolute Gasteiger partial charge is 0.465 e. The maximum atomic E-state index is 11.9. The molecule has 0 aliphatic carbocycles. The van der Waals surface area contributed by atoms with E-state index >= 15 is 0 Å². The molecule has 262 valence electrons. The Morgan fingerprint density at radius 1 is 0.867 bits per heavy atom. The van der Waals surface area contributed by atoms with Crippen LogP contribution >= 0.6 is 0 Å². The minimum absolute atomic E-state index is 0.0608. The number of aliphatic hydroxyl groups is 1. The molecule has 9 nitrogen and oxygen atoms in total. The lowest BCUT2D eigenvalue weighted by molar-refractivity contribution is -0.153. The van der Waals surface area contributed by atoms with Crippen molar-refractivity contribution in [1.29, 1.82) is 0 Å². The second-order valence-electron chi connectivity index (χ2n) is 13.9. The average Bonchev–Trinajstić information content (AvgIpc) is 3.68. The molecule has 0 aromatic carbocycles. The maximum Gasteiger partial charge on any atom is 0.311 e. The number of rotatable bonds is 23. The fourth-order valence-electron chi connectivity index (χ4n) is 6.05. The summed E-state index contributed by atoms with van der Waals surface area (Å²) in [5.74, 6) is -0.572. The van der Waals surface area contributed by atoms with E-state index in [-0.39, 0.29) is 49.3 Å². The number of methoxy groups -OCH3 is 1. The van der Waals surface area contributed by atoms with Crippen LogP contribution in [0.3, 0.4) is 0 Å². The standard InChI is InChI=1S/C36H64O9/c1-7-8-9-10-11-12-13-14-18-31(42-26-40-6)32-24-23-30(45-32)29(38)20-22-33(43-27(2)37)34-21-19-28(44-34)17-15-16-25-41-35(39)36(3,4)5/h20,22,28-34,38H,7-19,21,23-26H2,1-6H3/b22-20+/t28-,29-,30-,31-,32-,33+,34+/m1/s1. The molecule has 0 aromatic heterocycles. The van der Waals surface area contributed by atoms with Gasteiger partial charge in [0.05, 0.1) is 48.6 Å². The predicted molar refractivity (Wildman–Crippen MR) is 175 cm³/mol. The van der Waals surface area contributed by atoms with Crippen molar-refractivity contribution in [2.75, 3.05) is 20.5 Å². The van der Waals surface area contributed by atoms with Gasteiger partial charge < -0.3 is 33.5 Å². The number of esters is 2. The van der Waals surface area contributed by atoms with Gasteiger partial charge in [-0.15, -0.1) is 0 Å². The van der Waals surface area contributed by atoms with E-state index in [1.165, 1.54) is 51.9 Å². The van der Waals surface area contributed by atoms with Gasteiger partial charge in [-0.3, -0.25) is 9.59 Å². The molecule has 2 aliphatic heterocycles. The summed E-state index contributed by atoms with van der Waals surface area (Å²) in [7, 11) is 1.63. The molecule has 0 unspecified atom stereocenters. The third kappa shape index (κ3) is 16.2. The summed E-state index contributed by atoms with van der Waals surface area (Å²) in [6.07, 6.45) is 18.0. The minimum atomic E-state index is -0.827. The monoisotopic (exact) mass is 640 g/mol. The van der Waals surface area contributed by atoms with Crippen LogP contribution in [0, 0.1) is 5.41 Å². The summed E-state index contributed by atoms with van der Waals surface area (Å²) in [6.45, 7) is 9.81. The topological polar surface area (TPSA) is 110 Å². The predicted octanol–water partition coefficient (Wildman–Crippen LogP) is 7.21. The zero-order valence-electron chi connectivity index (χ0n) is 29.1. The van der Waals surface area contributed by atoms with E-state index in [1.807, 2.05) is 20.8 Å². The maximum absolute atomic E-state index is 11.9. The quantitative estimate of drug-likeness (QED) is 0.0536. The molecular formula is C36H64O9. The third-order valence-corrected chi connectivity index (χ3v) is 8.70. The normalized spacial score (nSPS) is 24.2. The van der Waals surface area contributed by atoms with Crippen LogP contribution < -0.4 is 0 Å². The first kappa shape index (κ1) is 39.7. The Bertz CT molecular complexity index is 839. The molecule has 2 rings (SSSR count). The van der Waals surface area contributed by atoms with E-state index in [4.69, 9.17) is 28.4 Å². The molecule has 2 aliphatic rings. The summed E-state index contributed by atoms with van der Waals surface area (Å²) in [5.41, 5.74) is -0.492. The molecular weight excluding hydrogens is 576 g/mol. The van der Waals surface area contributed by atoms with Gasteiger partial charge >= 0.3 is 11.9 Å². The number of carbonyl (C=O) groups is 2. The molecule has 0 radical (unpaired) electrons. The Morgan fingerprint density at radius 3 is 2.20 bits per heavy atom. The molecule has 0 saturated carbocycles. The fourth-order valence-corrected chi connectivity index (χ4v) is 6.05. The van der Waals surface area contributed by atoms with Gasteiger partial charge in [0.1, 0.15) is 12.9 Å². The van der Waals surface area contributed by atoms with Crippen LogP contribution in [0.4, 0.5) is 0 Å². The highest BCUT2D eigenvalue weighted by atomic mass is 16.7. The number of hydrogen-bond acceptors (Lipinski definition) is 9. The zero-order chi connectivity index (χ0) is 33.1. The van der Waals surface area contributed by atoms with Gasteiger partial charge in [-0.25, -0.2) is 0 Å². The van der Waals surface area contributed by atoms with Gasteiger partial charge in [0.25, 0.3) is 0 Å². The molecule has 0 bridgehead atoms. The van der Waals surface area contributed by atoms with Crippen molar-refractivity contribution < 1.29 is 43.1 Å². The summed E-state index contributed by atoms with van der Waals surface area (Å²) in [5, 5.41) is 11.0. The fraction of sp³-hybridized carbons (Fsp3) is 0.889. The smallest absolute Gasteiger partial charge is 0.311 e. The lowest BCUT2D eigenvalue weighted by atomic mass is 9.97. The highest BCUT2D eigenvalue weighted by Gasteiger charge is 2.36. The highest BCUT2D eigenvalue weighted by Crippen LogP contribution is 2.31. The van der Waals surface area contributed by atoms with Crippen LogP contribution in [0.1, 0.15) is 137 Å². The number of ether oxygens (including phenoxy) is 6. The second kappa shape index (κ2) is 22.1. The molecule has 2 heterocycles. The van der Waals surface area contributed by atoms with Crippen molar-refractivity contribution in [3.8, 4) is 0 Å². The van der Waals surface area contributed by atoms with Crippen molar-refractivity contribution in [2.45, 2.75) is 180 Å². The number of hydrogen-bond donors (Lipinski definition) is 1. The molecule has 0 aromatic rings. The number of carbonyl (C=O) groups excluding carboxylic acids is 2. The molecule has 2 saturated heterocycles. The van der Waals surface area contributed by atoms with E-state index in [1.54, 1.807) is 19.3 Å². The molecule has 0 spiro atoms. The van der Waals surface area contributed by atoms with Crippen LogP contribution in [0.2, 0.25) is 0 Å². The molecule has 45 heavy (non-hydrogen) atoms. The summed E-state index contributed by atoms with van der Waals surface area (Å²) in [6, 6.07) is 0. The molecule has 9 heteroatoms. The van der Waals surface area contributed by atoms with Gasteiger partial charge in [-0.2, -0.15) is 0 Å².